The molecule has 0 bridgehead atoms. The van der Waals surface area contributed by atoms with Crippen LogP contribution in [0.5, 0.6) is 0 Å². The first kappa shape index (κ1) is 9.80. The molecule has 1 unspecified atom stereocenters. The molecule has 0 aromatic carbocycles. The number of carbonyl (C=O) groups is 1. The van der Waals surface area contributed by atoms with E-state index in [2.05, 4.69) is 10.3 Å². The van der Waals surface area contributed by atoms with Crippen molar-refractivity contribution in [1.82, 2.24) is 10.3 Å². The van der Waals surface area contributed by atoms with E-state index in [1.807, 2.05) is 5.38 Å². The number of hydrogen-bond donors (Lipinski definition) is 1. The van der Waals surface area contributed by atoms with Gasteiger partial charge in [-0.25, -0.2) is 4.98 Å². The number of rotatable bonds is 3. The second-order valence-corrected chi connectivity index (χ2v) is 4.48. The van der Waals surface area contributed by atoms with Gasteiger partial charge in [-0.15, -0.1) is 11.3 Å². The zero-order chi connectivity index (χ0) is 9.80. The highest BCUT2D eigenvalue weighted by Crippen LogP contribution is 2.25. The third-order valence-corrected chi connectivity index (χ3v) is 3.56. The van der Waals surface area contributed by atoms with Crippen LogP contribution in [0.4, 0.5) is 0 Å². The summed E-state index contributed by atoms with van der Waals surface area (Å²) in [5.41, 5.74) is 0.922. The van der Waals surface area contributed by atoms with Gasteiger partial charge >= 0.3 is 0 Å². The van der Waals surface area contributed by atoms with Gasteiger partial charge in [0.2, 0.25) is 0 Å². The second kappa shape index (κ2) is 4.66. The molecule has 1 aliphatic heterocycles. The fraction of sp³-hybridized carbons (Fsp3) is 0.600. The van der Waals surface area contributed by atoms with Crippen molar-refractivity contribution in [2.45, 2.75) is 25.2 Å². The average molecular weight is 210 g/mol. The van der Waals surface area contributed by atoms with Crippen molar-refractivity contribution in [2.75, 3.05) is 13.1 Å². The Morgan fingerprint density at radius 2 is 2.64 bits per heavy atom. The number of nitrogens with one attached hydrogen (secondary N) is 1. The molecule has 1 N–H and O–H groups in total. The number of hydrogen-bond acceptors (Lipinski definition) is 4. The van der Waals surface area contributed by atoms with Gasteiger partial charge in [0.05, 0.1) is 10.7 Å². The second-order valence-electron chi connectivity index (χ2n) is 3.59. The third kappa shape index (κ3) is 2.19. The minimum absolute atomic E-state index is 0.455. The highest BCUT2D eigenvalue weighted by molar-refractivity contribution is 7.09. The van der Waals surface area contributed by atoms with E-state index in [9.17, 15) is 4.79 Å². The van der Waals surface area contributed by atoms with Gasteiger partial charge in [-0.05, 0) is 19.4 Å². The lowest BCUT2D eigenvalue weighted by atomic mass is 10.0. The van der Waals surface area contributed by atoms with Crippen molar-refractivity contribution in [3.63, 3.8) is 0 Å². The van der Waals surface area contributed by atoms with Crippen LogP contribution in [0, 0.1) is 0 Å². The Bertz CT molecular complexity index is 305. The normalized spacial score (nSPS) is 22.1. The van der Waals surface area contributed by atoms with Crippen LogP contribution in [-0.2, 0) is 11.2 Å². The summed E-state index contributed by atoms with van der Waals surface area (Å²) in [6.45, 7) is 2.16. The minimum Gasteiger partial charge on any atom is -0.316 e. The van der Waals surface area contributed by atoms with Gasteiger partial charge in [0.15, 0.2) is 0 Å². The molecule has 0 saturated carbocycles. The van der Waals surface area contributed by atoms with Crippen LogP contribution in [0.1, 0.15) is 29.5 Å². The largest absolute Gasteiger partial charge is 0.316 e. The maximum atomic E-state index is 10.3. The number of piperidine rings is 1. The highest BCUT2D eigenvalue weighted by atomic mass is 32.1. The maximum absolute atomic E-state index is 10.3. The Labute approximate surface area is 87.6 Å². The van der Waals surface area contributed by atoms with Gasteiger partial charge in [0.1, 0.15) is 6.29 Å². The molecule has 1 atom stereocenters. The van der Waals surface area contributed by atoms with E-state index >= 15 is 0 Å². The summed E-state index contributed by atoms with van der Waals surface area (Å²) in [5, 5.41) is 6.56. The molecule has 1 fully saturated rings. The van der Waals surface area contributed by atoms with E-state index in [0.29, 0.717) is 12.3 Å². The van der Waals surface area contributed by atoms with E-state index in [-0.39, 0.29) is 0 Å². The summed E-state index contributed by atoms with van der Waals surface area (Å²) >= 11 is 1.69. The molecule has 1 aromatic heterocycles. The molecule has 0 spiro atoms. The Hall–Kier alpha value is -0.740. The zero-order valence-corrected chi connectivity index (χ0v) is 8.85. The smallest absolute Gasteiger partial charge is 0.125 e. The Balaban J connectivity index is 2.03. The molecule has 0 amide bonds. The quantitative estimate of drug-likeness (QED) is 0.766. The lowest BCUT2D eigenvalue weighted by molar-refractivity contribution is -0.107. The third-order valence-electron chi connectivity index (χ3n) is 2.51. The molecule has 2 rings (SSSR count). The van der Waals surface area contributed by atoms with Crippen LogP contribution >= 0.6 is 11.3 Å². The molecular weight excluding hydrogens is 196 g/mol. The van der Waals surface area contributed by atoms with Crippen molar-refractivity contribution in [3.05, 3.63) is 16.1 Å². The van der Waals surface area contributed by atoms with Crippen LogP contribution in [-0.4, -0.2) is 24.4 Å². The van der Waals surface area contributed by atoms with Gasteiger partial charge in [-0.3, -0.25) is 0 Å². The summed E-state index contributed by atoms with van der Waals surface area (Å²) in [5.74, 6) is 0.564. The summed E-state index contributed by atoms with van der Waals surface area (Å²) in [6.07, 6.45) is 3.82. The number of aromatic nitrogens is 1. The topological polar surface area (TPSA) is 42.0 Å². The van der Waals surface area contributed by atoms with Gasteiger partial charge in [0, 0.05) is 24.3 Å². The first-order valence-electron chi connectivity index (χ1n) is 4.99. The number of nitrogens with zero attached hydrogens (tertiary/aromatic N) is 1. The number of aldehydes is 1. The van der Waals surface area contributed by atoms with E-state index in [0.717, 1.165) is 25.1 Å². The monoisotopic (exact) mass is 210 g/mol. The molecule has 76 valence electrons. The summed E-state index contributed by atoms with van der Waals surface area (Å²) in [6, 6.07) is 0. The molecule has 2 heterocycles. The predicted molar refractivity (Wildman–Crippen MR) is 56.7 cm³/mol. The molecule has 3 nitrogen and oxygen atoms in total. The van der Waals surface area contributed by atoms with Crippen LogP contribution in [0.15, 0.2) is 5.38 Å². The summed E-state index contributed by atoms with van der Waals surface area (Å²) < 4.78 is 0. The van der Waals surface area contributed by atoms with Gasteiger partial charge in [0.25, 0.3) is 0 Å². The molecule has 1 aliphatic rings. The van der Waals surface area contributed by atoms with E-state index in [4.69, 9.17) is 0 Å². The number of carbonyl (C=O) groups excluding carboxylic acids is 1. The van der Waals surface area contributed by atoms with Gasteiger partial charge < -0.3 is 10.1 Å². The molecule has 14 heavy (non-hydrogen) atoms. The van der Waals surface area contributed by atoms with E-state index < -0.39 is 0 Å². The lowest BCUT2D eigenvalue weighted by Crippen LogP contribution is -2.28. The average Bonchev–Trinajstić information content (AvgIpc) is 2.68. The van der Waals surface area contributed by atoms with Crippen molar-refractivity contribution >= 4 is 17.6 Å². The van der Waals surface area contributed by atoms with Crippen LogP contribution in [0.2, 0.25) is 0 Å². The van der Waals surface area contributed by atoms with Crippen molar-refractivity contribution in [2.24, 2.45) is 0 Å². The van der Waals surface area contributed by atoms with Gasteiger partial charge in [-0.2, -0.15) is 0 Å². The highest BCUT2D eigenvalue weighted by Gasteiger charge is 2.17. The van der Waals surface area contributed by atoms with E-state index in [1.165, 1.54) is 17.8 Å². The Morgan fingerprint density at radius 3 is 3.36 bits per heavy atom. The predicted octanol–water partition coefficient (Wildman–Crippen LogP) is 1.35. The summed E-state index contributed by atoms with van der Waals surface area (Å²) in [4.78, 5) is 14.8. The van der Waals surface area contributed by atoms with Crippen LogP contribution in [0.25, 0.3) is 0 Å². The standard InChI is InChI=1S/C10H14N2OS/c13-5-3-9-7-14-10(12-9)8-2-1-4-11-6-8/h5,7-8,11H,1-4,6H2. The Morgan fingerprint density at radius 1 is 1.71 bits per heavy atom. The first-order chi connectivity index (χ1) is 6.90. The fourth-order valence-electron chi connectivity index (χ4n) is 1.75. The van der Waals surface area contributed by atoms with Gasteiger partial charge in [-0.1, -0.05) is 0 Å². The number of thiazole rings is 1. The van der Waals surface area contributed by atoms with Crippen LogP contribution in [0.3, 0.4) is 0 Å². The maximum Gasteiger partial charge on any atom is 0.125 e. The van der Waals surface area contributed by atoms with Crippen LogP contribution < -0.4 is 5.32 Å². The van der Waals surface area contributed by atoms with Crippen molar-refractivity contribution < 1.29 is 4.79 Å². The zero-order valence-electron chi connectivity index (χ0n) is 8.03. The van der Waals surface area contributed by atoms with Crippen molar-refractivity contribution in [3.8, 4) is 0 Å². The first-order valence-corrected chi connectivity index (χ1v) is 5.87. The van der Waals surface area contributed by atoms with E-state index in [1.54, 1.807) is 11.3 Å². The molecular formula is C10H14N2OS. The van der Waals surface area contributed by atoms with Crippen molar-refractivity contribution in [1.29, 1.82) is 0 Å². The molecule has 0 radical (unpaired) electrons. The Kier molecular flexibility index (Phi) is 3.26. The fourth-order valence-corrected chi connectivity index (χ4v) is 2.72. The molecule has 1 aromatic rings. The summed E-state index contributed by atoms with van der Waals surface area (Å²) in [7, 11) is 0. The SMILES string of the molecule is O=CCc1csc(C2CCCNC2)n1. The molecule has 1 saturated heterocycles. The minimum atomic E-state index is 0.455. The molecule has 0 aliphatic carbocycles. The molecule has 4 heteroatoms. The lowest BCUT2D eigenvalue weighted by Gasteiger charge is -2.20.